The number of carbonyl (C=O) groups excluding carboxylic acids is 1. The van der Waals surface area contributed by atoms with Crippen LogP contribution < -0.4 is 10.1 Å². The van der Waals surface area contributed by atoms with Gasteiger partial charge < -0.3 is 15.0 Å². The van der Waals surface area contributed by atoms with Gasteiger partial charge in [0.1, 0.15) is 5.75 Å². The highest BCUT2D eigenvalue weighted by atomic mass is 19.4. The van der Waals surface area contributed by atoms with Crippen molar-refractivity contribution < 1.29 is 22.7 Å². The Kier molecular flexibility index (Phi) is 5.56. The van der Waals surface area contributed by atoms with Gasteiger partial charge in [0.05, 0.1) is 18.7 Å². The van der Waals surface area contributed by atoms with Gasteiger partial charge in [-0.1, -0.05) is 24.3 Å². The normalized spacial score (nSPS) is 12.4. The van der Waals surface area contributed by atoms with Crippen LogP contribution in [-0.2, 0) is 6.18 Å². The lowest BCUT2D eigenvalue weighted by Gasteiger charge is -2.27. The highest BCUT2D eigenvalue weighted by Crippen LogP contribution is 2.31. The number of benzene rings is 2. The molecule has 0 fully saturated rings. The summed E-state index contributed by atoms with van der Waals surface area (Å²) in [6.07, 6.45) is -4.46. The van der Waals surface area contributed by atoms with Crippen LogP contribution in [0.3, 0.4) is 0 Å². The van der Waals surface area contributed by atoms with Crippen molar-refractivity contribution in [2.24, 2.45) is 0 Å². The second kappa shape index (κ2) is 7.46. The minimum Gasteiger partial charge on any atom is -0.496 e. The molecule has 0 spiro atoms. The van der Waals surface area contributed by atoms with E-state index in [2.05, 4.69) is 5.32 Å². The number of nitrogens with zero attached hydrogens (tertiary/aromatic N) is 1. The molecule has 2 aromatic carbocycles. The standard InChI is InChI=1S/C18H19F3N2O2/c1-12(15-9-4-5-10-16(15)25-3)23(2)17(24)22-14-8-6-7-13(11-14)18(19,20)21/h4-12H,1-3H3,(H,22,24). The number of halogens is 3. The molecule has 2 rings (SSSR count). The van der Waals surface area contributed by atoms with E-state index in [1.54, 1.807) is 13.1 Å². The molecule has 1 N–H and O–H groups in total. The molecule has 1 atom stereocenters. The van der Waals surface area contributed by atoms with Crippen LogP contribution in [0.15, 0.2) is 48.5 Å². The molecule has 4 nitrogen and oxygen atoms in total. The molecule has 2 aromatic rings. The number of hydrogen-bond acceptors (Lipinski definition) is 2. The zero-order valence-corrected chi connectivity index (χ0v) is 14.1. The van der Waals surface area contributed by atoms with Gasteiger partial charge in [0, 0.05) is 18.3 Å². The molecule has 25 heavy (non-hydrogen) atoms. The summed E-state index contributed by atoms with van der Waals surface area (Å²) >= 11 is 0. The number of carbonyl (C=O) groups is 1. The average Bonchev–Trinajstić information content (AvgIpc) is 2.59. The maximum absolute atomic E-state index is 12.8. The van der Waals surface area contributed by atoms with Crippen molar-refractivity contribution in [2.75, 3.05) is 19.5 Å². The topological polar surface area (TPSA) is 41.6 Å². The van der Waals surface area contributed by atoms with Crippen LogP contribution in [0, 0.1) is 0 Å². The third-order valence-electron chi connectivity index (χ3n) is 3.93. The smallest absolute Gasteiger partial charge is 0.416 e. The van der Waals surface area contributed by atoms with Crippen molar-refractivity contribution in [3.8, 4) is 5.75 Å². The summed E-state index contributed by atoms with van der Waals surface area (Å²) in [5, 5.41) is 2.49. The van der Waals surface area contributed by atoms with Gasteiger partial charge in [-0.3, -0.25) is 0 Å². The monoisotopic (exact) mass is 352 g/mol. The second-order valence-electron chi connectivity index (χ2n) is 5.54. The Morgan fingerprint density at radius 1 is 1.16 bits per heavy atom. The van der Waals surface area contributed by atoms with Crippen LogP contribution in [0.4, 0.5) is 23.7 Å². The van der Waals surface area contributed by atoms with Crippen molar-refractivity contribution in [1.29, 1.82) is 0 Å². The number of rotatable bonds is 4. The van der Waals surface area contributed by atoms with Crippen molar-refractivity contribution >= 4 is 11.7 Å². The molecule has 0 aliphatic carbocycles. The Hall–Kier alpha value is -2.70. The molecule has 0 heterocycles. The Labute approximate surface area is 144 Å². The van der Waals surface area contributed by atoms with Gasteiger partial charge in [-0.05, 0) is 31.2 Å². The van der Waals surface area contributed by atoms with Crippen LogP contribution in [0.1, 0.15) is 24.1 Å². The maximum Gasteiger partial charge on any atom is 0.416 e. The van der Waals surface area contributed by atoms with Gasteiger partial charge in [0.15, 0.2) is 0 Å². The molecular formula is C18H19F3N2O2. The van der Waals surface area contributed by atoms with E-state index < -0.39 is 17.8 Å². The number of para-hydroxylation sites is 1. The maximum atomic E-state index is 12.8. The molecular weight excluding hydrogens is 333 g/mol. The molecule has 134 valence electrons. The third-order valence-corrected chi connectivity index (χ3v) is 3.93. The average molecular weight is 352 g/mol. The van der Waals surface area contributed by atoms with Crippen LogP contribution >= 0.6 is 0 Å². The number of urea groups is 1. The third kappa shape index (κ3) is 4.43. The number of nitrogens with one attached hydrogen (secondary N) is 1. The van der Waals surface area contributed by atoms with Gasteiger partial charge in [-0.15, -0.1) is 0 Å². The molecule has 0 aliphatic heterocycles. The van der Waals surface area contributed by atoms with Gasteiger partial charge in [-0.25, -0.2) is 4.79 Å². The van der Waals surface area contributed by atoms with E-state index >= 15 is 0 Å². The number of amides is 2. The van der Waals surface area contributed by atoms with Gasteiger partial charge in [0.25, 0.3) is 0 Å². The van der Waals surface area contributed by atoms with E-state index in [0.29, 0.717) is 5.75 Å². The molecule has 2 amide bonds. The van der Waals surface area contributed by atoms with E-state index in [1.807, 2.05) is 25.1 Å². The van der Waals surface area contributed by atoms with Crippen LogP contribution in [-0.4, -0.2) is 25.1 Å². The largest absolute Gasteiger partial charge is 0.496 e. The van der Waals surface area contributed by atoms with Crippen molar-refractivity contribution in [3.05, 3.63) is 59.7 Å². The first-order valence-electron chi connectivity index (χ1n) is 7.58. The lowest BCUT2D eigenvalue weighted by atomic mass is 10.1. The quantitative estimate of drug-likeness (QED) is 0.847. The van der Waals surface area contributed by atoms with Crippen molar-refractivity contribution in [2.45, 2.75) is 19.1 Å². The number of alkyl halides is 3. The number of hydrogen-bond donors (Lipinski definition) is 1. The van der Waals surface area contributed by atoms with E-state index in [0.717, 1.165) is 17.7 Å². The summed E-state index contributed by atoms with van der Waals surface area (Å²) in [7, 11) is 3.11. The minimum atomic E-state index is -4.46. The number of methoxy groups -OCH3 is 1. The summed E-state index contributed by atoms with van der Waals surface area (Å²) in [6, 6.07) is 10.9. The lowest BCUT2D eigenvalue weighted by molar-refractivity contribution is -0.137. The zero-order valence-electron chi connectivity index (χ0n) is 14.1. The number of anilines is 1. The Bertz CT molecular complexity index is 747. The summed E-state index contributed by atoms with van der Waals surface area (Å²) in [6.45, 7) is 1.81. The van der Waals surface area contributed by atoms with Gasteiger partial charge in [0.2, 0.25) is 0 Å². The predicted molar refractivity (Wildman–Crippen MR) is 89.6 cm³/mol. The molecule has 0 aromatic heterocycles. The molecule has 0 saturated carbocycles. The summed E-state index contributed by atoms with van der Waals surface area (Å²) in [5.74, 6) is 0.633. The van der Waals surface area contributed by atoms with E-state index in [9.17, 15) is 18.0 Å². The summed E-state index contributed by atoms with van der Waals surface area (Å²) in [5.41, 5.74) is 0.0660. The Balaban J connectivity index is 2.15. The van der Waals surface area contributed by atoms with Gasteiger partial charge >= 0.3 is 12.2 Å². The molecule has 0 radical (unpaired) electrons. The zero-order chi connectivity index (χ0) is 18.6. The van der Waals surface area contributed by atoms with Crippen molar-refractivity contribution in [3.63, 3.8) is 0 Å². The highest BCUT2D eigenvalue weighted by molar-refractivity contribution is 5.89. The minimum absolute atomic E-state index is 0.0823. The first kappa shape index (κ1) is 18.6. The molecule has 0 bridgehead atoms. The molecule has 0 aliphatic rings. The fourth-order valence-corrected chi connectivity index (χ4v) is 2.38. The van der Waals surface area contributed by atoms with Crippen molar-refractivity contribution in [1.82, 2.24) is 4.90 Å². The first-order chi connectivity index (χ1) is 11.7. The lowest BCUT2D eigenvalue weighted by Crippen LogP contribution is -2.33. The Morgan fingerprint density at radius 2 is 1.84 bits per heavy atom. The molecule has 0 saturated heterocycles. The Morgan fingerprint density at radius 3 is 2.48 bits per heavy atom. The van der Waals surface area contributed by atoms with Crippen LogP contribution in [0.25, 0.3) is 0 Å². The highest BCUT2D eigenvalue weighted by Gasteiger charge is 2.30. The number of ether oxygens (including phenoxy) is 1. The molecule has 7 heteroatoms. The van der Waals surface area contributed by atoms with Crippen LogP contribution in [0.5, 0.6) is 5.75 Å². The predicted octanol–water partition coefficient (Wildman–Crippen LogP) is 4.94. The van der Waals surface area contributed by atoms with E-state index in [4.69, 9.17) is 4.74 Å². The second-order valence-corrected chi connectivity index (χ2v) is 5.54. The van der Waals surface area contributed by atoms with E-state index in [-0.39, 0.29) is 11.7 Å². The fraction of sp³-hybridized carbons (Fsp3) is 0.278. The first-order valence-corrected chi connectivity index (χ1v) is 7.58. The fourth-order valence-electron chi connectivity index (χ4n) is 2.38. The van der Waals surface area contributed by atoms with E-state index in [1.165, 1.54) is 24.1 Å². The van der Waals surface area contributed by atoms with Crippen LogP contribution in [0.2, 0.25) is 0 Å². The SMILES string of the molecule is COc1ccccc1C(C)N(C)C(=O)Nc1cccc(C(F)(F)F)c1. The van der Waals surface area contributed by atoms with Gasteiger partial charge in [-0.2, -0.15) is 13.2 Å². The summed E-state index contributed by atoms with van der Waals surface area (Å²) in [4.78, 5) is 13.8. The molecule has 1 unspecified atom stereocenters. The summed E-state index contributed by atoms with van der Waals surface area (Å²) < 4.78 is 43.6.